The highest BCUT2D eigenvalue weighted by atomic mass is 79.9. The number of fused-ring (bicyclic) bond motifs is 1. The summed E-state index contributed by atoms with van der Waals surface area (Å²) in [6.07, 6.45) is -0.130. The Morgan fingerprint density at radius 2 is 1.96 bits per heavy atom. The number of esters is 1. The van der Waals surface area contributed by atoms with E-state index < -0.39 is 12.0 Å². The van der Waals surface area contributed by atoms with E-state index in [0.717, 1.165) is 15.6 Å². The van der Waals surface area contributed by atoms with Crippen LogP contribution in [0.5, 0.6) is 5.75 Å². The smallest absolute Gasteiger partial charge is 0.308 e. The highest BCUT2D eigenvalue weighted by Gasteiger charge is 2.28. The summed E-state index contributed by atoms with van der Waals surface area (Å²) in [5, 5.41) is 2.86. The Morgan fingerprint density at radius 3 is 2.63 bits per heavy atom. The zero-order valence-corrected chi connectivity index (χ0v) is 16.6. The molecule has 7 heteroatoms. The summed E-state index contributed by atoms with van der Waals surface area (Å²) in [5.74, 6) is -0.158. The largest absolute Gasteiger partial charge is 0.494 e. The summed E-state index contributed by atoms with van der Waals surface area (Å²) in [7, 11) is 1.29. The normalized spacial score (nSPS) is 15.9. The second kappa shape index (κ2) is 8.35. The van der Waals surface area contributed by atoms with E-state index in [1.807, 2.05) is 37.3 Å². The van der Waals surface area contributed by atoms with Crippen LogP contribution in [0.25, 0.3) is 0 Å². The number of nitrogens with one attached hydrogen (secondary N) is 1. The molecule has 0 unspecified atom stereocenters. The molecule has 1 heterocycles. The zero-order chi connectivity index (χ0) is 19.4. The van der Waals surface area contributed by atoms with Crippen molar-refractivity contribution < 1.29 is 19.1 Å². The number of carbonyl (C=O) groups excluding carboxylic acids is 2. The van der Waals surface area contributed by atoms with Crippen LogP contribution in [0, 0.1) is 0 Å². The molecule has 1 N–H and O–H groups in total. The van der Waals surface area contributed by atoms with E-state index in [0.29, 0.717) is 23.8 Å². The first-order chi connectivity index (χ1) is 13.0. The number of amides is 1. The molecule has 0 saturated heterocycles. The summed E-state index contributed by atoms with van der Waals surface area (Å²) >= 11 is 3.42. The lowest BCUT2D eigenvalue weighted by molar-refractivity contribution is -0.142. The highest BCUT2D eigenvalue weighted by Crippen LogP contribution is 2.29. The van der Waals surface area contributed by atoms with E-state index >= 15 is 0 Å². The van der Waals surface area contributed by atoms with Gasteiger partial charge in [-0.25, -0.2) is 0 Å². The van der Waals surface area contributed by atoms with E-state index in [2.05, 4.69) is 26.2 Å². The number of hydrogen-bond acceptors (Lipinski definition) is 5. The van der Waals surface area contributed by atoms with Gasteiger partial charge in [0.15, 0.2) is 0 Å². The first-order valence-electron chi connectivity index (χ1n) is 8.50. The summed E-state index contributed by atoms with van der Waals surface area (Å²) in [4.78, 5) is 29.0. The van der Waals surface area contributed by atoms with Gasteiger partial charge in [0.2, 0.25) is 5.91 Å². The molecule has 1 aliphatic heterocycles. The zero-order valence-electron chi connectivity index (χ0n) is 15.0. The molecule has 140 valence electrons. The van der Waals surface area contributed by atoms with E-state index in [1.165, 1.54) is 7.11 Å². The lowest BCUT2D eigenvalue weighted by atomic mass is 10.00. The molecule has 1 amide bonds. The number of halogens is 1. The number of hydrogen-bond donors (Lipinski definition) is 1. The molecule has 3 rings (SSSR count). The Hall–Kier alpha value is -2.67. The van der Waals surface area contributed by atoms with Gasteiger partial charge in [-0.2, -0.15) is 0 Å². The number of methoxy groups -OCH3 is 1. The molecule has 0 fully saturated rings. The Kier molecular flexibility index (Phi) is 5.91. The van der Waals surface area contributed by atoms with Crippen molar-refractivity contribution in [3.05, 3.63) is 58.1 Å². The maximum Gasteiger partial charge on any atom is 0.308 e. The van der Waals surface area contributed by atoms with E-state index in [4.69, 9.17) is 9.47 Å². The Labute approximate surface area is 165 Å². The van der Waals surface area contributed by atoms with Crippen LogP contribution in [-0.4, -0.2) is 37.3 Å². The first-order valence-corrected chi connectivity index (χ1v) is 9.29. The van der Waals surface area contributed by atoms with Crippen LogP contribution < -0.4 is 10.1 Å². The minimum atomic E-state index is -0.876. The maximum atomic E-state index is 12.6. The highest BCUT2D eigenvalue weighted by molar-refractivity contribution is 9.10. The van der Waals surface area contributed by atoms with Gasteiger partial charge in [0.25, 0.3) is 0 Å². The standard InChI is InChI=1S/C20H19BrN2O4/c1-3-27-14-8-9-16-15(10-14)19(12-4-6-13(21)7-5-12)22-17(20(25)23-16)11-18(24)26-2/h4-10,17H,3,11H2,1-2H3,(H,23,25)/t17-/m0/s1. The van der Waals surface area contributed by atoms with Gasteiger partial charge in [-0.3, -0.25) is 14.6 Å². The lowest BCUT2D eigenvalue weighted by Crippen LogP contribution is -2.28. The van der Waals surface area contributed by atoms with Crippen LogP contribution in [-0.2, 0) is 14.3 Å². The van der Waals surface area contributed by atoms with E-state index in [9.17, 15) is 9.59 Å². The van der Waals surface area contributed by atoms with Gasteiger partial charge in [-0.1, -0.05) is 28.1 Å². The van der Waals surface area contributed by atoms with Gasteiger partial charge in [-0.15, -0.1) is 0 Å². The number of aliphatic imine (C=N–C) groups is 1. The third kappa shape index (κ3) is 4.36. The Balaban J connectivity index is 2.13. The van der Waals surface area contributed by atoms with E-state index in [1.54, 1.807) is 12.1 Å². The summed E-state index contributed by atoms with van der Waals surface area (Å²) in [5.41, 5.74) is 2.81. The summed E-state index contributed by atoms with van der Waals surface area (Å²) in [6.45, 7) is 2.43. The minimum absolute atomic E-state index is 0.130. The van der Waals surface area contributed by atoms with Crippen LogP contribution in [0.1, 0.15) is 24.5 Å². The van der Waals surface area contributed by atoms with Gasteiger partial charge in [-0.05, 0) is 37.3 Å². The van der Waals surface area contributed by atoms with Gasteiger partial charge in [0.05, 0.1) is 31.5 Å². The third-order valence-corrected chi connectivity index (χ3v) is 4.64. The van der Waals surface area contributed by atoms with Crippen molar-refractivity contribution in [3.8, 4) is 5.75 Å². The predicted octanol–water partition coefficient (Wildman–Crippen LogP) is 3.57. The fourth-order valence-electron chi connectivity index (χ4n) is 2.80. The molecule has 2 aromatic rings. The number of nitrogens with zero attached hydrogens (tertiary/aromatic N) is 1. The second-order valence-corrected chi connectivity index (χ2v) is 6.83. The predicted molar refractivity (Wildman–Crippen MR) is 106 cm³/mol. The quantitative estimate of drug-likeness (QED) is 0.735. The van der Waals surface area contributed by atoms with Crippen molar-refractivity contribution in [1.29, 1.82) is 0 Å². The second-order valence-electron chi connectivity index (χ2n) is 5.91. The van der Waals surface area contributed by atoms with Crippen LogP contribution >= 0.6 is 15.9 Å². The van der Waals surface area contributed by atoms with Crippen LogP contribution in [0.2, 0.25) is 0 Å². The summed E-state index contributed by atoms with van der Waals surface area (Å²) in [6, 6.07) is 12.2. The maximum absolute atomic E-state index is 12.6. The van der Waals surface area contributed by atoms with Crippen molar-refractivity contribution in [2.24, 2.45) is 4.99 Å². The molecule has 1 atom stereocenters. The lowest BCUT2D eigenvalue weighted by Gasteiger charge is -2.12. The Bertz CT molecular complexity index is 893. The van der Waals surface area contributed by atoms with E-state index in [-0.39, 0.29) is 12.3 Å². The van der Waals surface area contributed by atoms with Crippen LogP contribution in [0.3, 0.4) is 0 Å². The molecule has 0 spiro atoms. The van der Waals surface area contributed by atoms with Gasteiger partial charge >= 0.3 is 5.97 Å². The van der Waals surface area contributed by atoms with Gasteiger partial charge in [0, 0.05) is 15.6 Å². The molecule has 0 radical (unpaired) electrons. The number of rotatable bonds is 5. The monoisotopic (exact) mass is 430 g/mol. The van der Waals surface area contributed by atoms with Crippen molar-refractivity contribution >= 4 is 39.2 Å². The number of anilines is 1. The molecular formula is C20H19BrN2O4. The van der Waals surface area contributed by atoms with Crippen LogP contribution in [0.4, 0.5) is 5.69 Å². The molecule has 0 bridgehead atoms. The number of benzodiazepines with no additional fused rings is 1. The van der Waals surface area contributed by atoms with Crippen molar-refractivity contribution in [2.45, 2.75) is 19.4 Å². The van der Waals surface area contributed by atoms with Crippen molar-refractivity contribution in [1.82, 2.24) is 0 Å². The Morgan fingerprint density at radius 1 is 1.22 bits per heavy atom. The molecule has 0 aliphatic carbocycles. The molecule has 6 nitrogen and oxygen atoms in total. The van der Waals surface area contributed by atoms with Gasteiger partial charge in [0.1, 0.15) is 11.8 Å². The fourth-order valence-corrected chi connectivity index (χ4v) is 3.07. The molecular weight excluding hydrogens is 412 g/mol. The average Bonchev–Trinajstić information content (AvgIpc) is 2.79. The fraction of sp³-hybridized carbons (Fsp3) is 0.250. The van der Waals surface area contributed by atoms with Crippen molar-refractivity contribution in [3.63, 3.8) is 0 Å². The molecule has 0 saturated carbocycles. The topological polar surface area (TPSA) is 77.0 Å². The number of carbonyl (C=O) groups is 2. The van der Waals surface area contributed by atoms with Crippen LogP contribution in [0.15, 0.2) is 51.9 Å². The summed E-state index contributed by atoms with van der Waals surface area (Å²) < 4.78 is 11.2. The van der Waals surface area contributed by atoms with Gasteiger partial charge < -0.3 is 14.8 Å². The number of ether oxygens (including phenoxy) is 2. The first kappa shape index (κ1) is 19.1. The van der Waals surface area contributed by atoms with Crippen molar-refractivity contribution in [2.75, 3.05) is 19.0 Å². The average molecular weight is 431 g/mol. The molecule has 2 aromatic carbocycles. The molecule has 27 heavy (non-hydrogen) atoms. The third-order valence-electron chi connectivity index (χ3n) is 4.11. The minimum Gasteiger partial charge on any atom is -0.494 e. The number of benzene rings is 2. The SMILES string of the molecule is CCOc1ccc2c(c1)C(c1ccc(Br)cc1)=N[C@@H](CC(=O)OC)C(=O)N2. The molecule has 1 aliphatic rings. The molecule has 0 aromatic heterocycles.